The second kappa shape index (κ2) is 10.9. The monoisotopic (exact) mass is 292 g/mol. The largest absolute Gasteiger partial charge is 0.481 e. The molecular formula is C16H28N4O. The van der Waals surface area contributed by atoms with Gasteiger partial charge in [0.2, 0.25) is 5.88 Å². The molecule has 118 valence electrons. The summed E-state index contributed by atoms with van der Waals surface area (Å²) in [6, 6.07) is 3.76. The van der Waals surface area contributed by atoms with Gasteiger partial charge in [-0.1, -0.05) is 45.1 Å². The smallest absolute Gasteiger partial charge is 0.212 e. The van der Waals surface area contributed by atoms with E-state index in [0.29, 0.717) is 18.4 Å². The minimum atomic E-state index is 0.499. The Hall–Kier alpha value is -1.78. The standard InChI is InChI=1S/C16H28N4O/c1-3-4-5-6-7-8-11-18-16(17)20-13-14-9-10-15(21-2)19-12-14/h9-10,12H,3-8,11,13H2,1-2H3,(H3,17,18,20). The molecule has 0 bridgehead atoms. The minimum absolute atomic E-state index is 0.499. The predicted molar refractivity (Wildman–Crippen MR) is 87.5 cm³/mol. The van der Waals surface area contributed by atoms with Crippen LogP contribution in [0, 0.1) is 0 Å². The van der Waals surface area contributed by atoms with Crippen LogP contribution < -0.4 is 15.8 Å². The van der Waals surface area contributed by atoms with Crippen molar-refractivity contribution in [2.24, 2.45) is 10.7 Å². The van der Waals surface area contributed by atoms with Gasteiger partial charge in [0.1, 0.15) is 0 Å². The molecule has 0 unspecified atom stereocenters. The van der Waals surface area contributed by atoms with E-state index >= 15 is 0 Å². The van der Waals surface area contributed by atoms with Gasteiger partial charge < -0.3 is 15.8 Å². The molecule has 5 nitrogen and oxygen atoms in total. The van der Waals surface area contributed by atoms with E-state index in [1.165, 1.54) is 32.1 Å². The number of guanidine groups is 1. The van der Waals surface area contributed by atoms with Crippen LogP contribution in [-0.4, -0.2) is 24.6 Å². The summed E-state index contributed by atoms with van der Waals surface area (Å²) < 4.78 is 5.01. The topological polar surface area (TPSA) is 72.5 Å². The SMILES string of the molecule is CCCCCCCCNC(N)=NCc1ccc(OC)nc1. The molecule has 0 aliphatic rings. The fraction of sp³-hybridized carbons (Fsp3) is 0.625. The Morgan fingerprint density at radius 2 is 2.00 bits per heavy atom. The maximum absolute atomic E-state index is 5.83. The molecule has 0 spiro atoms. The van der Waals surface area contributed by atoms with Crippen LogP contribution in [0.4, 0.5) is 0 Å². The predicted octanol–water partition coefficient (Wildman–Crippen LogP) is 2.86. The van der Waals surface area contributed by atoms with E-state index in [4.69, 9.17) is 10.5 Å². The molecule has 0 aromatic carbocycles. The van der Waals surface area contributed by atoms with Crippen LogP contribution in [0.15, 0.2) is 23.3 Å². The Balaban J connectivity index is 2.14. The van der Waals surface area contributed by atoms with E-state index in [1.54, 1.807) is 13.3 Å². The molecule has 1 heterocycles. The zero-order chi connectivity index (χ0) is 15.3. The number of rotatable bonds is 10. The molecule has 1 aromatic heterocycles. The first-order valence-electron chi connectivity index (χ1n) is 7.79. The molecule has 0 aliphatic heterocycles. The Labute approximate surface area is 128 Å². The first-order chi connectivity index (χ1) is 10.3. The molecule has 1 rings (SSSR count). The molecule has 0 fully saturated rings. The summed E-state index contributed by atoms with van der Waals surface area (Å²) in [6.07, 6.45) is 9.43. The number of ether oxygens (including phenoxy) is 1. The fourth-order valence-corrected chi connectivity index (χ4v) is 1.98. The maximum Gasteiger partial charge on any atom is 0.212 e. The second-order valence-electron chi connectivity index (χ2n) is 5.10. The number of nitrogens with two attached hydrogens (primary N) is 1. The maximum atomic E-state index is 5.83. The number of hydrogen-bond donors (Lipinski definition) is 2. The first-order valence-corrected chi connectivity index (χ1v) is 7.79. The van der Waals surface area contributed by atoms with Crippen molar-refractivity contribution in [3.8, 4) is 5.88 Å². The van der Waals surface area contributed by atoms with E-state index in [9.17, 15) is 0 Å². The number of aromatic nitrogens is 1. The second-order valence-corrected chi connectivity index (χ2v) is 5.10. The summed E-state index contributed by atoms with van der Waals surface area (Å²) in [5.74, 6) is 1.11. The third-order valence-corrected chi connectivity index (χ3v) is 3.28. The number of nitrogens with zero attached hydrogens (tertiary/aromatic N) is 2. The molecule has 21 heavy (non-hydrogen) atoms. The van der Waals surface area contributed by atoms with Gasteiger partial charge in [-0.05, 0) is 12.0 Å². The molecule has 5 heteroatoms. The Bertz CT molecular complexity index is 403. The van der Waals surface area contributed by atoms with E-state index in [0.717, 1.165) is 18.5 Å². The third kappa shape index (κ3) is 8.17. The van der Waals surface area contributed by atoms with Gasteiger partial charge in [0.15, 0.2) is 5.96 Å². The number of aliphatic imine (C=N–C) groups is 1. The Morgan fingerprint density at radius 3 is 2.67 bits per heavy atom. The van der Waals surface area contributed by atoms with Gasteiger partial charge in [0, 0.05) is 18.8 Å². The summed E-state index contributed by atoms with van der Waals surface area (Å²) in [7, 11) is 1.60. The lowest BCUT2D eigenvalue weighted by Crippen LogP contribution is -2.32. The van der Waals surface area contributed by atoms with Gasteiger partial charge in [0.25, 0.3) is 0 Å². The molecule has 0 saturated heterocycles. The molecule has 1 aromatic rings. The lowest BCUT2D eigenvalue weighted by molar-refractivity contribution is 0.397. The number of unbranched alkanes of at least 4 members (excludes halogenated alkanes) is 5. The van der Waals surface area contributed by atoms with Crippen molar-refractivity contribution in [3.63, 3.8) is 0 Å². The lowest BCUT2D eigenvalue weighted by atomic mass is 10.1. The van der Waals surface area contributed by atoms with E-state index in [2.05, 4.69) is 22.2 Å². The molecule has 0 amide bonds. The quantitative estimate of drug-likeness (QED) is 0.395. The van der Waals surface area contributed by atoms with Gasteiger partial charge in [-0.3, -0.25) is 0 Å². The molecule has 3 N–H and O–H groups in total. The zero-order valence-electron chi connectivity index (χ0n) is 13.3. The normalized spacial score (nSPS) is 11.4. The van der Waals surface area contributed by atoms with Crippen molar-refractivity contribution >= 4 is 5.96 Å². The average molecular weight is 292 g/mol. The Kier molecular flexibility index (Phi) is 9.00. The minimum Gasteiger partial charge on any atom is -0.481 e. The highest BCUT2D eigenvalue weighted by Gasteiger charge is 1.96. The average Bonchev–Trinajstić information content (AvgIpc) is 2.52. The molecular weight excluding hydrogens is 264 g/mol. The van der Waals surface area contributed by atoms with Crippen LogP contribution in [-0.2, 0) is 6.54 Å². The lowest BCUT2D eigenvalue weighted by Gasteiger charge is -2.06. The van der Waals surface area contributed by atoms with Crippen molar-refractivity contribution < 1.29 is 4.74 Å². The number of methoxy groups -OCH3 is 1. The van der Waals surface area contributed by atoms with Crippen molar-refractivity contribution in [1.29, 1.82) is 0 Å². The molecule has 0 saturated carbocycles. The molecule has 0 radical (unpaired) electrons. The summed E-state index contributed by atoms with van der Waals surface area (Å²) in [6.45, 7) is 3.66. The van der Waals surface area contributed by atoms with Crippen LogP contribution in [0.3, 0.4) is 0 Å². The summed E-state index contributed by atoms with van der Waals surface area (Å²) in [5, 5.41) is 3.15. The fourth-order valence-electron chi connectivity index (χ4n) is 1.98. The van der Waals surface area contributed by atoms with E-state index < -0.39 is 0 Å². The summed E-state index contributed by atoms with van der Waals surface area (Å²) >= 11 is 0. The van der Waals surface area contributed by atoms with Gasteiger partial charge in [-0.25, -0.2) is 9.98 Å². The van der Waals surface area contributed by atoms with Crippen molar-refractivity contribution in [2.75, 3.05) is 13.7 Å². The van der Waals surface area contributed by atoms with Gasteiger partial charge in [0.05, 0.1) is 13.7 Å². The highest BCUT2D eigenvalue weighted by atomic mass is 16.5. The third-order valence-electron chi connectivity index (χ3n) is 3.28. The number of pyridine rings is 1. The van der Waals surface area contributed by atoms with Crippen LogP contribution in [0.5, 0.6) is 5.88 Å². The zero-order valence-corrected chi connectivity index (χ0v) is 13.3. The highest BCUT2D eigenvalue weighted by molar-refractivity contribution is 5.77. The molecule has 0 atom stereocenters. The van der Waals surface area contributed by atoms with Gasteiger partial charge in [-0.2, -0.15) is 0 Å². The van der Waals surface area contributed by atoms with Crippen LogP contribution in [0.2, 0.25) is 0 Å². The van der Waals surface area contributed by atoms with E-state index in [-0.39, 0.29) is 0 Å². The highest BCUT2D eigenvalue weighted by Crippen LogP contribution is 2.07. The Morgan fingerprint density at radius 1 is 1.24 bits per heavy atom. The van der Waals surface area contributed by atoms with Crippen molar-refractivity contribution in [2.45, 2.75) is 52.0 Å². The van der Waals surface area contributed by atoms with E-state index in [1.807, 2.05) is 12.1 Å². The van der Waals surface area contributed by atoms with Gasteiger partial charge >= 0.3 is 0 Å². The number of nitrogens with one attached hydrogen (secondary N) is 1. The first kappa shape index (κ1) is 17.3. The van der Waals surface area contributed by atoms with Crippen LogP contribution in [0.1, 0.15) is 51.0 Å². The number of hydrogen-bond acceptors (Lipinski definition) is 3. The van der Waals surface area contributed by atoms with Crippen LogP contribution in [0.25, 0.3) is 0 Å². The van der Waals surface area contributed by atoms with Crippen molar-refractivity contribution in [3.05, 3.63) is 23.9 Å². The van der Waals surface area contributed by atoms with Crippen molar-refractivity contribution in [1.82, 2.24) is 10.3 Å². The summed E-state index contributed by atoms with van der Waals surface area (Å²) in [5.41, 5.74) is 6.85. The van der Waals surface area contributed by atoms with Crippen LogP contribution >= 0.6 is 0 Å². The van der Waals surface area contributed by atoms with Gasteiger partial charge in [-0.15, -0.1) is 0 Å². The summed E-state index contributed by atoms with van der Waals surface area (Å²) in [4.78, 5) is 8.43. The molecule has 0 aliphatic carbocycles.